The Labute approximate surface area is 211 Å². The van der Waals surface area contributed by atoms with Crippen molar-refractivity contribution in [2.75, 3.05) is 5.32 Å². The number of para-hydroxylation sites is 1. The van der Waals surface area contributed by atoms with Gasteiger partial charge in [-0.05, 0) is 81.0 Å². The summed E-state index contributed by atoms with van der Waals surface area (Å²) in [6.45, 7) is 9.14. The second-order valence-electron chi connectivity index (χ2n) is 11.0. The van der Waals surface area contributed by atoms with Gasteiger partial charge in [-0.2, -0.15) is 13.2 Å². The number of amidine groups is 1. The standard InChI is InChI=1S/C26H32N2.CHF3O3S/c1-16-8-7-9-17(2)24(16)27-25-23-19-13-12-18(14-19)22(23)21-11-6-5-10-20(21)15-26(3,4)28-25;2-1(3,4)8(5,6)7/h5-11,18-19,22-23H,12-15H2,1-4H3,(H,27,28);(H,5,6,7)/t18-,19+,22-,23-;/m0./s1. The van der Waals surface area contributed by atoms with E-state index in [4.69, 9.17) is 13.0 Å². The van der Waals surface area contributed by atoms with Gasteiger partial charge in [0.25, 0.3) is 5.84 Å². The fourth-order valence-corrected chi connectivity index (χ4v) is 6.40. The SMILES string of the molecule is Cc1cccc(C)c1NC1=[NH+]C(C)(C)Cc2ccccc2[C@@H]2[C@H]3CC[C@H](C3)[C@H]12.O=S(=O)([O-])C(F)(F)F. The summed E-state index contributed by atoms with van der Waals surface area (Å²) in [5, 5.41) is 3.93. The van der Waals surface area contributed by atoms with Crippen molar-refractivity contribution in [1.82, 2.24) is 0 Å². The Morgan fingerprint density at radius 3 is 2.11 bits per heavy atom. The number of aryl methyl sites for hydroxylation is 2. The summed E-state index contributed by atoms with van der Waals surface area (Å²) in [5.74, 6) is 4.25. The average molecular weight is 523 g/mol. The van der Waals surface area contributed by atoms with Gasteiger partial charge in [-0.15, -0.1) is 0 Å². The molecule has 1 aliphatic heterocycles. The Balaban J connectivity index is 0.000000331. The van der Waals surface area contributed by atoms with Crippen LogP contribution in [-0.2, 0) is 16.5 Å². The summed E-state index contributed by atoms with van der Waals surface area (Å²) >= 11 is 0. The Kier molecular flexibility index (Phi) is 7.03. The zero-order valence-electron chi connectivity index (χ0n) is 20.9. The molecule has 2 saturated carbocycles. The number of hydrogen-bond donors (Lipinski definition) is 2. The summed E-state index contributed by atoms with van der Waals surface area (Å²) in [6, 6.07) is 15.9. The summed E-state index contributed by atoms with van der Waals surface area (Å²) in [4.78, 5) is 4.00. The highest BCUT2D eigenvalue weighted by Crippen LogP contribution is 2.57. The molecule has 4 atom stereocenters. The smallest absolute Gasteiger partial charge is 0.485 e. The van der Waals surface area contributed by atoms with Gasteiger partial charge in [-0.3, -0.25) is 4.99 Å². The molecular formula is C27H33F3N2O3S. The van der Waals surface area contributed by atoms with Gasteiger partial charge in [0.2, 0.25) is 0 Å². The Bertz CT molecular complexity index is 1250. The van der Waals surface area contributed by atoms with Gasteiger partial charge in [0.1, 0.15) is 11.2 Å². The fourth-order valence-electron chi connectivity index (χ4n) is 6.40. The van der Waals surface area contributed by atoms with Crippen LogP contribution < -0.4 is 10.3 Å². The van der Waals surface area contributed by atoms with Crippen molar-refractivity contribution >= 4 is 21.6 Å². The molecule has 5 nitrogen and oxygen atoms in total. The van der Waals surface area contributed by atoms with Crippen LogP contribution >= 0.6 is 0 Å². The van der Waals surface area contributed by atoms with Gasteiger partial charge in [-0.25, -0.2) is 13.7 Å². The first-order valence-corrected chi connectivity index (χ1v) is 13.7. The van der Waals surface area contributed by atoms with Gasteiger partial charge in [-0.1, -0.05) is 42.5 Å². The minimum atomic E-state index is -6.09. The Morgan fingerprint density at radius 1 is 0.972 bits per heavy atom. The van der Waals surface area contributed by atoms with Gasteiger partial charge in [0.15, 0.2) is 10.1 Å². The molecule has 0 aromatic heterocycles. The van der Waals surface area contributed by atoms with Crippen molar-refractivity contribution in [3.05, 3.63) is 64.7 Å². The summed E-state index contributed by atoms with van der Waals surface area (Å²) in [7, 11) is -6.09. The lowest BCUT2D eigenvalue weighted by Gasteiger charge is -2.35. The van der Waals surface area contributed by atoms with E-state index in [2.05, 4.69) is 80.5 Å². The Morgan fingerprint density at radius 2 is 1.53 bits per heavy atom. The second kappa shape index (κ2) is 9.49. The molecule has 2 aromatic rings. The third-order valence-electron chi connectivity index (χ3n) is 7.79. The molecule has 0 unspecified atom stereocenters. The van der Waals surface area contributed by atoms with Crippen molar-refractivity contribution in [2.45, 2.75) is 70.3 Å². The largest absolute Gasteiger partial charge is 0.741 e. The van der Waals surface area contributed by atoms with E-state index < -0.39 is 15.6 Å². The van der Waals surface area contributed by atoms with Crippen molar-refractivity contribution in [1.29, 1.82) is 0 Å². The van der Waals surface area contributed by atoms with Crippen LogP contribution in [0.4, 0.5) is 18.9 Å². The van der Waals surface area contributed by atoms with Crippen LogP contribution in [0.3, 0.4) is 0 Å². The van der Waals surface area contributed by atoms with Gasteiger partial charge in [0, 0.05) is 12.3 Å². The predicted octanol–water partition coefficient (Wildman–Crippen LogP) is 4.41. The highest BCUT2D eigenvalue weighted by Gasteiger charge is 2.54. The first-order chi connectivity index (χ1) is 16.7. The maximum absolute atomic E-state index is 10.7. The molecule has 2 N–H and O–H groups in total. The third kappa shape index (κ3) is 5.32. The molecule has 2 aromatic carbocycles. The maximum Gasteiger partial charge on any atom is 0.485 e. The zero-order chi connectivity index (χ0) is 26.5. The molecule has 2 bridgehead atoms. The molecule has 36 heavy (non-hydrogen) atoms. The molecule has 0 amide bonds. The molecule has 0 radical (unpaired) electrons. The monoisotopic (exact) mass is 522 g/mol. The van der Waals surface area contributed by atoms with Crippen LogP contribution in [0.5, 0.6) is 0 Å². The minimum absolute atomic E-state index is 0.0296. The van der Waals surface area contributed by atoms with Gasteiger partial charge >= 0.3 is 5.51 Å². The molecular weight excluding hydrogens is 489 g/mol. The average Bonchev–Trinajstić information content (AvgIpc) is 3.35. The number of hydrogen-bond acceptors (Lipinski definition) is 4. The summed E-state index contributed by atoms with van der Waals surface area (Å²) < 4.78 is 58.9. The van der Waals surface area contributed by atoms with Gasteiger partial charge in [0.05, 0.1) is 5.92 Å². The van der Waals surface area contributed by atoms with E-state index in [0.29, 0.717) is 11.8 Å². The highest BCUT2D eigenvalue weighted by atomic mass is 32.2. The number of benzene rings is 2. The van der Waals surface area contributed by atoms with Crippen LogP contribution in [0.2, 0.25) is 0 Å². The van der Waals surface area contributed by atoms with E-state index in [1.54, 1.807) is 11.1 Å². The number of anilines is 1. The lowest BCUT2D eigenvalue weighted by Crippen LogP contribution is -2.89. The summed E-state index contributed by atoms with van der Waals surface area (Å²) in [6.07, 6.45) is 5.25. The molecule has 0 saturated heterocycles. The van der Waals surface area contributed by atoms with Crippen LogP contribution in [-0.4, -0.2) is 29.9 Å². The molecule has 196 valence electrons. The number of alkyl halides is 3. The number of rotatable bonds is 1. The van der Waals surface area contributed by atoms with Crippen molar-refractivity contribution in [3.63, 3.8) is 0 Å². The Hall–Kier alpha value is -2.39. The van der Waals surface area contributed by atoms with Crippen LogP contribution in [0.15, 0.2) is 42.5 Å². The van der Waals surface area contributed by atoms with Gasteiger partial charge < -0.3 is 4.55 Å². The third-order valence-corrected chi connectivity index (χ3v) is 8.36. The number of nitrogens with one attached hydrogen (secondary N) is 2. The van der Waals surface area contributed by atoms with E-state index >= 15 is 0 Å². The van der Waals surface area contributed by atoms with Crippen LogP contribution in [0.25, 0.3) is 0 Å². The number of halogens is 3. The van der Waals surface area contributed by atoms with Crippen LogP contribution in [0, 0.1) is 31.6 Å². The lowest BCUT2D eigenvalue weighted by atomic mass is 9.71. The summed E-state index contributed by atoms with van der Waals surface area (Å²) in [5.41, 5.74) is 1.50. The molecule has 2 fully saturated rings. The molecule has 3 aliphatic rings. The topological polar surface area (TPSA) is 83.2 Å². The second-order valence-corrected chi connectivity index (χ2v) is 12.3. The van der Waals surface area contributed by atoms with Crippen molar-refractivity contribution < 1.29 is 31.1 Å². The minimum Gasteiger partial charge on any atom is -0.741 e. The first-order valence-electron chi connectivity index (χ1n) is 12.3. The molecule has 0 spiro atoms. The fraction of sp³-hybridized carbons (Fsp3) is 0.519. The van der Waals surface area contributed by atoms with Crippen LogP contribution in [0.1, 0.15) is 61.3 Å². The van der Waals surface area contributed by atoms with E-state index in [-0.39, 0.29) is 5.54 Å². The maximum atomic E-state index is 10.7. The normalized spacial score (nSPS) is 26.5. The van der Waals surface area contributed by atoms with E-state index in [1.165, 1.54) is 41.9 Å². The van der Waals surface area contributed by atoms with E-state index in [0.717, 1.165) is 18.3 Å². The lowest BCUT2D eigenvalue weighted by molar-refractivity contribution is -0.546. The quantitative estimate of drug-likeness (QED) is 0.429. The van der Waals surface area contributed by atoms with E-state index in [1.807, 2.05) is 0 Å². The molecule has 5 rings (SSSR count). The molecule has 2 aliphatic carbocycles. The number of fused-ring (bicyclic) bond motifs is 7. The van der Waals surface area contributed by atoms with Crippen molar-refractivity contribution in [2.24, 2.45) is 17.8 Å². The highest BCUT2D eigenvalue weighted by molar-refractivity contribution is 7.86. The molecule has 9 heteroatoms. The van der Waals surface area contributed by atoms with Crippen molar-refractivity contribution in [3.8, 4) is 0 Å². The van der Waals surface area contributed by atoms with E-state index in [9.17, 15) is 13.2 Å². The first kappa shape index (κ1) is 26.7. The molecule has 1 heterocycles. The predicted molar refractivity (Wildman–Crippen MR) is 133 cm³/mol. The zero-order valence-corrected chi connectivity index (χ0v) is 21.8.